The highest BCUT2D eigenvalue weighted by Gasteiger charge is 2.55. The molecule has 19 heteroatoms. The second-order valence-electron chi connectivity index (χ2n) is 16.7. The highest BCUT2D eigenvalue weighted by Crippen LogP contribution is 2.83. The maximum Gasteiger partial charge on any atom is 0.0963 e. The minimum atomic E-state index is -5.26. The molecule has 0 fully saturated rings. The van der Waals surface area contributed by atoms with Gasteiger partial charge in [-0.3, -0.25) is 8.37 Å². The molecule has 0 bridgehead atoms. The van der Waals surface area contributed by atoms with Gasteiger partial charge in [0.1, 0.15) is 0 Å². The Hall–Kier alpha value is -4.78. The van der Waals surface area contributed by atoms with Crippen molar-refractivity contribution in [1.82, 2.24) is 30.8 Å². The van der Waals surface area contributed by atoms with E-state index in [4.69, 9.17) is 58.5 Å². The fourth-order valence-electron chi connectivity index (χ4n) is 7.05. The quantitative estimate of drug-likeness (QED) is 0.0111. The van der Waals surface area contributed by atoms with Gasteiger partial charge < -0.3 is 56.0 Å². The minimum absolute atomic E-state index is 0. The van der Waals surface area contributed by atoms with Crippen LogP contribution in [-0.2, 0) is 56.3 Å². The number of benzene rings is 4. The third-order valence-corrected chi connectivity index (χ3v) is 16.1. The maximum atomic E-state index is 8.20. The van der Waals surface area contributed by atoms with Gasteiger partial charge in [0.25, 0.3) is 0 Å². The fraction of sp³-hybridized carbons (Fsp3) is 0.463. The van der Waals surface area contributed by atoms with E-state index in [9.17, 15) is 0 Å². The highest BCUT2D eigenvalue weighted by molar-refractivity contribution is 8.52. The van der Waals surface area contributed by atoms with Gasteiger partial charge >= 0.3 is 0 Å². The topological polar surface area (TPSA) is 246 Å². The Labute approximate surface area is 438 Å². The predicted molar refractivity (Wildman–Crippen MR) is 305 cm³/mol. The molecule has 4 aromatic rings. The lowest BCUT2D eigenvalue weighted by molar-refractivity contribution is 0.0212. The third kappa shape index (κ3) is 22.7. The molecular formula is C54H92N10O8S. The zero-order chi connectivity index (χ0) is 52.1. The van der Waals surface area contributed by atoms with Crippen molar-refractivity contribution in [2.45, 2.75) is 39.3 Å². The molecule has 0 saturated carbocycles. The van der Waals surface area contributed by atoms with Crippen molar-refractivity contribution in [2.24, 2.45) is 10.9 Å². The van der Waals surface area contributed by atoms with E-state index >= 15 is 0 Å². The molecule has 0 aliphatic heterocycles. The lowest BCUT2D eigenvalue weighted by Gasteiger charge is -2.84. The van der Waals surface area contributed by atoms with E-state index in [1.807, 2.05) is 84.9 Å². The molecule has 0 aliphatic rings. The number of nitrogens with one attached hydrogen (secondary N) is 6. The first-order chi connectivity index (χ1) is 35.0. The van der Waals surface area contributed by atoms with Crippen molar-refractivity contribution in [3.8, 4) is 0 Å². The van der Waals surface area contributed by atoms with Gasteiger partial charge in [0.05, 0.1) is 72.3 Å². The van der Waals surface area contributed by atoms with Crippen molar-refractivity contribution in [3.63, 3.8) is 0 Å². The molecule has 4 aromatic carbocycles. The van der Waals surface area contributed by atoms with Crippen LogP contribution in [0.3, 0.4) is 0 Å². The molecule has 0 unspecified atom stereocenters. The van der Waals surface area contributed by atoms with Gasteiger partial charge in [0, 0.05) is 86.3 Å². The normalized spacial score (nSPS) is 12.3. The summed E-state index contributed by atoms with van der Waals surface area (Å²) in [5.74, 6) is 7.29. The van der Waals surface area contributed by atoms with E-state index in [0.29, 0.717) is 56.3 Å². The Bertz CT molecular complexity index is 2230. The summed E-state index contributed by atoms with van der Waals surface area (Å²) in [6, 6.07) is 31.0. The van der Waals surface area contributed by atoms with Crippen LogP contribution in [0.2, 0.25) is 0 Å². The van der Waals surface area contributed by atoms with Crippen LogP contribution in [0.1, 0.15) is 56.0 Å². The molecule has 0 amide bonds. The summed E-state index contributed by atoms with van der Waals surface area (Å²) in [7, 11) is -1.86. The van der Waals surface area contributed by atoms with Gasteiger partial charge in [-0.15, -0.1) is 19.0 Å². The number of ether oxygens (including phenoxy) is 6. The number of hydrazine groups is 1. The van der Waals surface area contributed by atoms with Gasteiger partial charge in [0.15, 0.2) is 0 Å². The van der Waals surface area contributed by atoms with Crippen LogP contribution < -0.4 is 42.5 Å². The summed E-state index contributed by atoms with van der Waals surface area (Å²) >= 11 is 0. The summed E-state index contributed by atoms with van der Waals surface area (Å²) in [6.07, 6.45) is 8.64. The monoisotopic (exact) mass is 1040 g/mol. The van der Waals surface area contributed by atoms with Crippen molar-refractivity contribution in [2.75, 3.05) is 126 Å². The minimum Gasteiger partial charge on any atom is -0.385 e. The Morgan fingerprint density at radius 3 is 1.45 bits per heavy atom. The standard InChI is InChI=1S/C46H77N9O8S.C8H8.H3N.2H2/c1-5-41-14-6-9-18-45(41)39-53-64(4,54-40-46-19-11-8-16-43(46)37-48,55(49)52-38-44-17-10-7-15-42(44)36-47,62-34-32-60-30-28-58-26-22-50-20-12-24-56-2)63-35-33-61-31-29-59-27-23-51-21-13-25-57-3;1-7-5-3-4-6-8(7)2;;;/h6-11,14-19,36-38,47-48,50-51,53-54H,5,12-13,20-35,39-40,49H2,1-4H3;3-6H,1-2H2;1H3;2*1H/b47-36?,48-37?,52-38+;;;;. The molecule has 73 heavy (non-hydrogen) atoms. The SMILES string of the molecule is C=c1ccccc1=C.CCc1ccccc1CNS(C)(NCc1ccccc1C=N)(OCCOCCOCCNCCCOC)(OCCOCCOCCNCCCOC)N(N)/N=C/c1ccccc1C=N.N.[HH].[HH]. The third-order valence-electron chi connectivity index (χ3n) is 11.4. The van der Waals surface area contributed by atoms with Crippen molar-refractivity contribution >= 4 is 41.2 Å². The first kappa shape index (κ1) is 64.3. The van der Waals surface area contributed by atoms with E-state index in [0.717, 1.165) is 85.8 Å². The first-order valence-corrected chi connectivity index (χ1v) is 27.3. The van der Waals surface area contributed by atoms with E-state index in [2.05, 4.69) is 52.3 Å². The summed E-state index contributed by atoms with van der Waals surface area (Å²) in [6.45, 7) is 17.7. The predicted octanol–water partition coefficient (Wildman–Crippen LogP) is 5.93. The van der Waals surface area contributed by atoms with Crippen LogP contribution >= 0.6 is 9.41 Å². The van der Waals surface area contributed by atoms with Crippen molar-refractivity contribution in [3.05, 3.63) is 141 Å². The number of nitrogens with zero attached hydrogens (tertiary/aromatic N) is 2. The molecule has 0 spiro atoms. The lowest BCUT2D eigenvalue weighted by Crippen LogP contribution is -2.70. The number of hydrogen-bond acceptors (Lipinski definition) is 18. The van der Waals surface area contributed by atoms with E-state index < -0.39 is 9.41 Å². The molecular weight excluding hydrogens is 949 g/mol. The number of nitrogens with two attached hydrogens (primary N) is 1. The van der Waals surface area contributed by atoms with E-state index in [1.54, 1.807) is 26.7 Å². The Morgan fingerprint density at radius 2 is 0.973 bits per heavy atom. The molecule has 0 atom stereocenters. The van der Waals surface area contributed by atoms with Gasteiger partial charge in [-0.05, 0) is 65.0 Å². The van der Waals surface area contributed by atoms with E-state index in [-0.39, 0.29) is 48.5 Å². The Kier molecular flexibility index (Phi) is 31.9. The van der Waals surface area contributed by atoms with Crippen molar-refractivity contribution < 1.29 is 39.6 Å². The average molecular weight is 1040 g/mol. The number of rotatable bonds is 40. The highest BCUT2D eigenvalue weighted by atomic mass is 32.4. The summed E-state index contributed by atoms with van der Waals surface area (Å²) in [4.78, 5) is 0. The smallest absolute Gasteiger partial charge is 0.0963 e. The van der Waals surface area contributed by atoms with Crippen LogP contribution in [0, 0.1) is 10.8 Å². The lowest BCUT2D eigenvalue weighted by atomic mass is 10.1. The zero-order valence-electron chi connectivity index (χ0n) is 44.1. The molecule has 0 aliphatic carbocycles. The maximum absolute atomic E-state index is 8.20. The molecule has 0 aromatic heterocycles. The zero-order valence-corrected chi connectivity index (χ0v) is 44.9. The Balaban J connectivity index is 0.00000453. The Morgan fingerprint density at radius 1 is 0.562 bits per heavy atom. The van der Waals surface area contributed by atoms with Crippen LogP contribution in [0.25, 0.3) is 13.2 Å². The fourth-order valence-corrected chi connectivity index (χ4v) is 10.5. The van der Waals surface area contributed by atoms with Gasteiger partial charge in [-0.2, -0.15) is 0 Å². The largest absolute Gasteiger partial charge is 0.385 e. The summed E-state index contributed by atoms with van der Waals surface area (Å²) in [5, 5.41) is 29.8. The summed E-state index contributed by atoms with van der Waals surface area (Å²) in [5.41, 5.74) is 4.98. The number of methoxy groups -OCH3 is 2. The molecule has 0 radical (unpaired) electrons. The van der Waals surface area contributed by atoms with Crippen molar-refractivity contribution in [1.29, 1.82) is 10.8 Å². The second-order valence-corrected chi connectivity index (χ2v) is 21.7. The van der Waals surface area contributed by atoms with Gasteiger partial charge in [0.2, 0.25) is 0 Å². The van der Waals surface area contributed by atoms with Crippen LogP contribution in [0.15, 0.2) is 102 Å². The molecule has 18 nitrogen and oxygen atoms in total. The second kappa shape index (κ2) is 36.2. The van der Waals surface area contributed by atoms with Crippen LogP contribution in [0.4, 0.5) is 0 Å². The van der Waals surface area contributed by atoms with Crippen LogP contribution in [0.5, 0.6) is 0 Å². The number of hydrogen-bond donors (Lipinski definition) is 8. The van der Waals surface area contributed by atoms with E-state index in [1.165, 1.54) is 17.0 Å². The van der Waals surface area contributed by atoms with Crippen LogP contribution in [-0.4, -0.2) is 149 Å². The summed E-state index contributed by atoms with van der Waals surface area (Å²) < 4.78 is 56.9. The van der Waals surface area contributed by atoms with Gasteiger partial charge in [-0.25, -0.2) is 15.3 Å². The number of hydrazone groups is 1. The molecule has 412 valence electrons. The average Bonchev–Trinajstić information content (AvgIpc) is 3.41. The van der Waals surface area contributed by atoms with Gasteiger partial charge in [-0.1, -0.05) is 117 Å². The molecule has 0 heterocycles. The number of aryl methyl sites for hydroxylation is 1. The molecule has 11 N–H and O–H groups in total. The molecule has 4 rings (SSSR count). The molecule has 0 saturated heterocycles. The first-order valence-electron chi connectivity index (χ1n) is 24.7.